The molecule has 2 aliphatic heterocycles. The van der Waals surface area contributed by atoms with Gasteiger partial charge in [0.2, 0.25) is 23.0 Å². The summed E-state index contributed by atoms with van der Waals surface area (Å²) < 4.78 is 12.3. The van der Waals surface area contributed by atoms with E-state index in [2.05, 4.69) is 11.4 Å². The predicted octanol–water partition coefficient (Wildman–Crippen LogP) is 4.41. The fourth-order valence-corrected chi connectivity index (χ4v) is 5.01. The maximum atomic E-state index is 11.4. The Hall–Kier alpha value is -3.90. The summed E-state index contributed by atoms with van der Waals surface area (Å²) in [6, 6.07) is 19.2. The lowest BCUT2D eigenvalue weighted by Gasteiger charge is -2.48. The Bertz CT molecular complexity index is 1270. The number of anilines is 1. The SMILES string of the molecule is CC(=O)Nc1ccc(C2OC3(c4cccc(Cl)c4)OC(=N)C(C#N)(C3C)C2(C#N)C#N)cc1. The second-order valence-electron chi connectivity index (χ2n) is 8.08. The molecule has 33 heavy (non-hydrogen) atoms. The van der Waals surface area contributed by atoms with Crippen LogP contribution in [0.1, 0.15) is 31.1 Å². The summed E-state index contributed by atoms with van der Waals surface area (Å²) in [6.07, 6.45) is -1.24. The molecular formula is C24H18ClN5O3. The maximum absolute atomic E-state index is 11.4. The number of carbonyl (C=O) groups excluding carboxylic acids is 1. The first-order valence-corrected chi connectivity index (χ1v) is 10.4. The second kappa shape index (κ2) is 7.60. The van der Waals surface area contributed by atoms with E-state index in [9.17, 15) is 20.6 Å². The van der Waals surface area contributed by atoms with E-state index in [4.69, 9.17) is 26.5 Å². The van der Waals surface area contributed by atoms with Gasteiger partial charge in [0.05, 0.1) is 24.1 Å². The molecule has 2 saturated heterocycles. The van der Waals surface area contributed by atoms with Gasteiger partial charge in [0, 0.05) is 23.2 Å². The molecule has 2 fully saturated rings. The van der Waals surface area contributed by atoms with E-state index in [1.165, 1.54) is 6.92 Å². The molecule has 0 aliphatic carbocycles. The molecule has 2 aliphatic rings. The summed E-state index contributed by atoms with van der Waals surface area (Å²) in [6.45, 7) is 3.01. The molecule has 0 radical (unpaired) electrons. The first-order chi connectivity index (χ1) is 15.7. The lowest BCUT2D eigenvalue weighted by Crippen LogP contribution is -2.57. The first-order valence-electron chi connectivity index (χ1n) is 10.0. The molecule has 164 valence electrons. The quantitative estimate of drug-likeness (QED) is 0.695. The highest BCUT2D eigenvalue weighted by molar-refractivity contribution is 6.30. The van der Waals surface area contributed by atoms with Gasteiger partial charge in [-0.3, -0.25) is 10.2 Å². The van der Waals surface area contributed by atoms with Gasteiger partial charge in [0.1, 0.15) is 6.10 Å². The van der Waals surface area contributed by atoms with Crippen LogP contribution < -0.4 is 5.32 Å². The number of amides is 1. The zero-order valence-corrected chi connectivity index (χ0v) is 18.5. The standard InChI is InChI=1S/C24H18ClN5O3/c1-14-23(13-28)21(29)33-24(14,17-4-3-5-18(25)10-17)32-20(22(23,11-26)12-27)16-6-8-19(9-7-16)30-15(2)31/h3-10,14,20,29H,1-2H3,(H,30,31). The number of fused-ring (bicyclic) bond motifs is 2. The fraction of sp³-hybridized carbons (Fsp3) is 0.292. The van der Waals surface area contributed by atoms with E-state index in [1.54, 1.807) is 55.5 Å². The summed E-state index contributed by atoms with van der Waals surface area (Å²) in [5.74, 6) is -3.25. The predicted molar refractivity (Wildman–Crippen MR) is 117 cm³/mol. The van der Waals surface area contributed by atoms with Crippen LogP contribution in [0.4, 0.5) is 5.69 Å². The summed E-state index contributed by atoms with van der Waals surface area (Å²) in [4.78, 5) is 11.4. The maximum Gasteiger partial charge on any atom is 0.244 e. The van der Waals surface area contributed by atoms with E-state index >= 15 is 0 Å². The summed E-state index contributed by atoms with van der Waals surface area (Å²) >= 11 is 6.20. The normalized spacial score (nSPS) is 29.2. The molecule has 0 spiro atoms. The van der Waals surface area contributed by atoms with Gasteiger partial charge in [0.15, 0.2) is 5.41 Å². The monoisotopic (exact) mass is 459 g/mol. The molecule has 0 saturated carbocycles. The number of hydrogen-bond acceptors (Lipinski definition) is 7. The zero-order chi connectivity index (χ0) is 24.0. The number of nitrogens with zero attached hydrogens (tertiary/aromatic N) is 3. The zero-order valence-electron chi connectivity index (χ0n) is 17.7. The van der Waals surface area contributed by atoms with Crippen LogP contribution in [0.25, 0.3) is 0 Å². The molecule has 1 amide bonds. The van der Waals surface area contributed by atoms with Crippen LogP contribution in [0, 0.1) is 56.2 Å². The van der Waals surface area contributed by atoms with Crippen LogP contribution in [0.15, 0.2) is 48.5 Å². The topological polar surface area (TPSA) is 143 Å². The number of carbonyl (C=O) groups is 1. The van der Waals surface area contributed by atoms with Gasteiger partial charge in [0.25, 0.3) is 0 Å². The third kappa shape index (κ3) is 2.84. The minimum atomic E-state index is -2.08. The number of hydrogen-bond donors (Lipinski definition) is 2. The average Bonchev–Trinajstić information content (AvgIpc) is 2.96. The minimum absolute atomic E-state index is 0.253. The van der Waals surface area contributed by atoms with Gasteiger partial charge in [-0.05, 0) is 29.8 Å². The summed E-state index contributed by atoms with van der Waals surface area (Å²) in [5.41, 5.74) is -2.58. The lowest BCUT2D eigenvalue weighted by molar-refractivity contribution is -0.288. The van der Waals surface area contributed by atoms with Crippen molar-refractivity contribution in [3.05, 3.63) is 64.7 Å². The van der Waals surface area contributed by atoms with Crippen LogP contribution in [-0.4, -0.2) is 11.8 Å². The van der Waals surface area contributed by atoms with E-state index in [1.807, 2.05) is 12.1 Å². The molecule has 2 aromatic carbocycles. The highest BCUT2D eigenvalue weighted by atomic mass is 35.5. The van der Waals surface area contributed by atoms with Crippen molar-refractivity contribution in [3.8, 4) is 18.2 Å². The van der Waals surface area contributed by atoms with Crippen molar-refractivity contribution < 1.29 is 14.3 Å². The molecule has 8 nitrogen and oxygen atoms in total. The average molecular weight is 460 g/mol. The number of halogens is 1. The van der Waals surface area contributed by atoms with Crippen LogP contribution in [0.5, 0.6) is 0 Å². The molecule has 9 heteroatoms. The Morgan fingerprint density at radius 1 is 1.12 bits per heavy atom. The minimum Gasteiger partial charge on any atom is -0.443 e. The van der Waals surface area contributed by atoms with Crippen molar-refractivity contribution in [2.24, 2.45) is 16.7 Å². The van der Waals surface area contributed by atoms with Gasteiger partial charge in [-0.2, -0.15) is 15.8 Å². The molecular weight excluding hydrogens is 442 g/mol. The van der Waals surface area contributed by atoms with Crippen LogP contribution >= 0.6 is 11.6 Å². The molecule has 2 N–H and O–H groups in total. The summed E-state index contributed by atoms with van der Waals surface area (Å²) in [7, 11) is 0. The first kappa shape index (κ1) is 22.3. The van der Waals surface area contributed by atoms with Crippen molar-refractivity contribution in [1.29, 1.82) is 21.2 Å². The Balaban J connectivity index is 1.96. The lowest BCUT2D eigenvalue weighted by atomic mass is 9.53. The fourth-order valence-electron chi connectivity index (χ4n) is 4.82. The molecule has 2 aromatic rings. The number of nitriles is 3. The van der Waals surface area contributed by atoms with Gasteiger partial charge in [-0.15, -0.1) is 0 Å². The molecule has 2 heterocycles. The number of nitrogens with one attached hydrogen (secondary N) is 2. The van der Waals surface area contributed by atoms with E-state index in [0.717, 1.165) is 0 Å². The Labute approximate surface area is 195 Å². The number of benzene rings is 2. The molecule has 2 bridgehead atoms. The third-order valence-corrected chi connectivity index (χ3v) is 6.66. The number of ether oxygens (including phenoxy) is 2. The highest BCUT2D eigenvalue weighted by Crippen LogP contribution is 2.69. The van der Waals surface area contributed by atoms with E-state index in [0.29, 0.717) is 21.8 Å². The largest absolute Gasteiger partial charge is 0.443 e. The third-order valence-electron chi connectivity index (χ3n) is 6.43. The van der Waals surface area contributed by atoms with Crippen molar-refractivity contribution in [1.82, 2.24) is 0 Å². The molecule has 4 rings (SSSR count). The van der Waals surface area contributed by atoms with Crippen molar-refractivity contribution in [2.75, 3.05) is 5.32 Å². The highest BCUT2D eigenvalue weighted by Gasteiger charge is 2.79. The Morgan fingerprint density at radius 3 is 2.33 bits per heavy atom. The second-order valence-corrected chi connectivity index (χ2v) is 8.52. The van der Waals surface area contributed by atoms with Crippen molar-refractivity contribution in [2.45, 2.75) is 25.7 Å². The van der Waals surface area contributed by atoms with Crippen LogP contribution in [0.2, 0.25) is 5.02 Å². The van der Waals surface area contributed by atoms with Gasteiger partial charge in [-0.1, -0.05) is 42.8 Å². The van der Waals surface area contributed by atoms with Crippen molar-refractivity contribution >= 4 is 29.1 Å². The van der Waals surface area contributed by atoms with E-state index in [-0.39, 0.29) is 5.91 Å². The van der Waals surface area contributed by atoms with Gasteiger partial charge < -0.3 is 14.8 Å². The Kier molecular flexibility index (Phi) is 5.14. The molecule has 4 unspecified atom stereocenters. The van der Waals surface area contributed by atoms with E-state index < -0.39 is 34.5 Å². The summed E-state index contributed by atoms with van der Waals surface area (Å²) in [5, 5.41) is 42.5. The molecule has 0 aromatic heterocycles. The van der Waals surface area contributed by atoms with Gasteiger partial charge >= 0.3 is 0 Å². The van der Waals surface area contributed by atoms with Crippen LogP contribution in [-0.2, 0) is 20.1 Å². The Morgan fingerprint density at radius 2 is 1.79 bits per heavy atom. The smallest absolute Gasteiger partial charge is 0.244 e. The molecule has 4 atom stereocenters. The van der Waals surface area contributed by atoms with Crippen molar-refractivity contribution in [3.63, 3.8) is 0 Å². The number of rotatable bonds is 3. The van der Waals surface area contributed by atoms with Crippen LogP contribution in [0.3, 0.4) is 0 Å². The van der Waals surface area contributed by atoms with Gasteiger partial charge in [-0.25, -0.2) is 0 Å².